The first-order valence-corrected chi connectivity index (χ1v) is 14.0. The molecule has 2 aliphatic heterocycles. The summed E-state index contributed by atoms with van der Waals surface area (Å²) in [6.07, 6.45) is -6.42. The predicted octanol–water partition coefficient (Wildman–Crippen LogP) is 3.48. The van der Waals surface area contributed by atoms with Gasteiger partial charge in [-0.25, -0.2) is 4.79 Å². The molecule has 0 saturated carbocycles. The number of fused-ring (bicyclic) bond motifs is 1. The first-order valence-electron chi connectivity index (χ1n) is 14.0. The highest BCUT2D eigenvalue weighted by molar-refractivity contribution is 5.79. The summed E-state index contributed by atoms with van der Waals surface area (Å²) >= 11 is 0. The molecule has 0 spiro atoms. The molecule has 7 atom stereocenters. The molecule has 14 nitrogen and oxygen atoms in total. The van der Waals surface area contributed by atoms with Crippen molar-refractivity contribution in [3.8, 4) is 0 Å². The van der Waals surface area contributed by atoms with Crippen molar-refractivity contribution in [2.75, 3.05) is 13.7 Å². The zero-order valence-electron chi connectivity index (χ0n) is 24.4. The summed E-state index contributed by atoms with van der Waals surface area (Å²) in [5.41, 5.74) is -1.01. The number of hydrogen-bond donors (Lipinski definition) is 1. The van der Waals surface area contributed by atoms with Crippen molar-refractivity contribution in [2.24, 2.45) is 0 Å². The van der Waals surface area contributed by atoms with Gasteiger partial charge in [-0.1, -0.05) is 72.8 Å². The van der Waals surface area contributed by atoms with E-state index in [0.717, 1.165) is 12.5 Å². The van der Waals surface area contributed by atoms with E-state index in [9.17, 15) is 30.1 Å². The van der Waals surface area contributed by atoms with Crippen LogP contribution in [-0.2, 0) is 46.2 Å². The van der Waals surface area contributed by atoms with Crippen molar-refractivity contribution in [1.29, 1.82) is 0 Å². The summed E-state index contributed by atoms with van der Waals surface area (Å²) in [6, 6.07) is 23.0. The molecule has 2 fully saturated rings. The van der Waals surface area contributed by atoms with Gasteiger partial charge in [-0.3, -0.25) is 20.2 Å². The molecule has 3 aromatic rings. The number of carbonyl (C=O) groups excluding carboxylic acids is 1. The van der Waals surface area contributed by atoms with Crippen LogP contribution >= 0.6 is 0 Å². The zero-order chi connectivity index (χ0) is 32.2. The molecule has 2 aliphatic rings. The lowest BCUT2D eigenvalue weighted by Gasteiger charge is -2.51. The average molecular weight is 625 g/mol. The van der Waals surface area contributed by atoms with E-state index in [1.807, 2.05) is 12.1 Å². The Morgan fingerprint density at radius 1 is 0.978 bits per heavy atom. The Bertz CT molecular complexity index is 1490. The topological polar surface area (TPSA) is 179 Å². The van der Waals surface area contributed by atoms with E-state index in [1.54, 1.807) is 48.5 Å². The van der Waals surface area contributed by atoms with Crippen molar-refractivity contribution < 1.29 is 48.2 Å². The summed E-state index contributed by atoms with van der Waals surface area (Å²) in [5.74, 6) is -4.15. The summed E-state index contributed by atoms with van der Waals surface area (Å²) in [7, 11) is 1.21. The minimum atomic E-state index is -2.73. The molecular formula is C31H32N2O12. The molecule has 0 aliphatic carbocycles. The largest absolute Gasteiger partial charge is 0.419 e. The van der Waals surface area contributed by atoms with Crippen molar-refractivity contribution >= 4 is 11.7 Å². The number of ether oxygens (including phenoxy) is 6. The van der Waals surface area contributed by atoms with Crippen LogP contribution in [0.1, 0.15) is 29.9 Å². The second-order valence-corrected chi connectivity index (χ2v) is 10.9. The number of carbonyl (C=O) groups is 1. The molecule has 0 amide bonds. The van der Waals surface area contributed by atoms with Crippen molar-refractivity contribution in [3.05, 3.63) is 122 Å². The third-order valence-electron chi connectivity index (χ3n) is 7.75. The van der Waals surface area contributed by atoms with E-state index in [4.69, 9.17) is 28.4 Å². The molecule has 2 heterocycles. The van der Waals surface area contributed by atoms with Crippen LogP contribution in [0.4, 0.5) is 5.69 Å². The lowest BCUT2D eigenvalue weighted by Crippen LogP contribution is -2.71. The maximum atomic E-state index is 13.7. The van der Waals surface area contributed by atoms with Gasteiger partial charge in [-0.2, -0.15) is 0 Å². The monoisotopic (exact) mass is 624 g/mol. The minimum Gasteiger partial charge on any atom is -0.419 e. The maximum Gasteiger partial charge on any atom is 0.387 e. The van der Waals surface area contributed by atoms with Crippen LogP contribution in [0.2, 0.25) is 0 Å². The third-order valence-corrected chi connectivity index (χ3v) is 7.75. The highest BCUT2D eigenvalue weighted by Crippen LogP contribution is 2.41. The fraction of sp³-hybridized carbons (Fsp3) is 0.387. The maximum absolute atomic E-state index is 13.7. The van der Waals surface area contributed by atoms with Gasteiger partial charge < -0.3 is 33.5 Å². The average Bonchev–Trinajstić information content (AvgIpc) is 3.04. The number of esters is 1. The fourth-order valence-corrected chi connectivity index (χ4v) is 5.25. The van der Waals surface area contributed by atoms with E-state index in [-0.39, 0.29) is 24.5 Å². The van der Waals surface area contributed by atoms with Gasteiger partial charge in [-0.15, -0.1) is 0 Å². The summed E-state index contributed by atoms with van der Waals surface area (Å²) in [6.45, 7) is 0.983. The van der Waals surface area contributed by atoms with Gasteiger partial charge in [0.15, 0.2) is 12.4 Å². The van der Waals surface area contributed by atoms with Gasteiger partial charge in [0.05, 0.1) is 24.6 Å². The molecule has 0 aromatic heterocycles. The predicted molar refractivity (Wildman–Crippen MR) is 154 cm³/mol. The lowest BCUT2D eigenvalue weighted by molar-refractivity contribution is -0.553. The Hall–Kier alpha value is -4.31. The Kier molecular flexibility index (Phi) is 9.53. The number of nitrogens with zero attached hydrogens (tertiary/aromatic N) is 2. The molecule has 5 rings (SSSR count). The van der Waals surface area contributed by atoms with Gasteiger partial charge in [0.1, 0.15) is 12.2 Å². The molecular weight excluding hydrogens is 592 g/mol. The van der Waals surface area contributed by atoms with Crippen LogP contribution in [0.15, 0.2) is 84.9 Å². The standard InChI is InChI=1S/C31H32N2O12/c1-30(33(38)39,17-20-13-15-23(16-14-20)32(36)37)28(34)45-31(35)26(41-18-21-9-5-3-6-10-21)25-24(43-29(31)40-2)19-42-27(44-25)22-11-7-4-8-12-22/h3-16,24-27,29,35H,17-19H2,1-2H3/t24-,25-,26+,27?,29+,30?,31+/m1/s1. The van der Waals surface area contributed by atoms with Gasteiger partial charge >= 0.3 is 11.5 Å². The van der Waals surface area contributed by atoms with Crippen molar-refractivity contribution in [3.63, 3.8) is 0 Å². The van der Waals surface area contributed by atoms with E-state index in [1.165, 1.54) is 31.4 Å². The highest BCUT2D eigenvalue weighted by atomic mass is 16.8. The molecule has 1 N–H and O–H groups in total. The van der Waals surface area contributed by atoms with Crippen molar-refractivity contribution in [1.82, 2.24) is 0 Å². The summed E-state index contributed by atoms with van der Waals surface area (Å²) in [4.78, 5) is 35.7. The number of methoxy groups -OCH3 is 1. The molecule has 14 heteroatoms. The van der Waals surface area contributed by atoms with Crippen LogP contribution in [-0.4, -0.2) is 70.6 Å². The summed E-state index contributed by atoms with van der Waals surface area (Å²) in [5, 5.41) is 35.5. The van der Waals surface area contributed by atoms with Gasteiger partial charge in [0.25, 0.3) is 11.5 Å². The Morgan fingerprint density at radius 3 is 2.22 bits per heavy atom. The molecule has 0 bridgehead atoms. The Morgan fingerprint density at radius 2 is 1.62 bits per heavy atom. The quantitative estimate of drug-likeness (QED) is 0.142. The smallest absolute Gasteiger partial charge is 0.387 e. The second-order valence-electron chi connectivity index (χ2n) is 10.9. The third kappa shape index (κ3) is 6.71. The molecule has 3 aromatic carbocycles. The van der Waals surface area contributed by atoms with E-state index in [0.29, 0.717) is 5.56 Å². The highest BCUT2D eigenvalue weighted by Gasteiger charge is 2.64. The number of nitro benzene ring substituents is 1. The molecule has 2 saturated heterocycles. The van der Waals surface area contributed by atoms with Gasteiger partial charge in [0, 0.05) is 36.7 Å². The number of hydrogen-bond acceptors (Lipinski definition) is 12. The number of aliphatic hydroxyl groups is 1. The SMILES string of the molecule is CO[C@H]1O[C@@H]2COC(c3ccccc3)O[C@H]2[C@H](OCc2ccccc2)[C@]1(O)OC(=O)C(C)(Cc1ccc([N+](=O)[O-])cc1)[N+](=O)[O-]. The second kappa shape index (κ2) is 13.4. The van der Waals surface area contributed by atoms with Gasteiger partial charge in [0.2, 0.25) is 6.29 Å². The fourth-order valence-electron chi connectivity index (χ4n) is 5.25. The van der Waals surface area contributed by atoms with Crippen molar-refractivity contribution in [2.45, 2.75) is 62.2 Å². The summed E-state index contributed by atoms with van der Waals surface area (Å²) < 4.78 is 35.3. The normalized spacial score (nSPS) is 27.5. The molecule has 238 valence electrons. The molecule has 2 unspecified atom stereocenters. The number of non-ortho nitro benzene ring substituents is 1. The Balaban J connectivity index is 1.47. The zero-order valence-corrected chi connectivity index (χ0v) is 24.4. The first kappa shape index (κ1) is 32.1. The van der Waals surface area contributed by atoms with Crippen LogP contribution in [0.5, 0.6) is 0 Å². The minimum absolute atomic E-state index is 0.00602. The van der Waals surface area contributed by atoms with Gasteiger partial charge in [-0.05, 0) is 11.1 Å². The molecule has 0 radical (unpaired) electrons. The molecule has 45 heavy (non-hydrogen) atoms. The first-order chi connectivity index (χ1) is 21.5. The number of nitro groups is 2. The van der Waals surface area contributed by atoms with Crippen LogP contribution in [0, 0.1) is 20.2 Å². The lowest BCUT2D eigenvalue weighted by atomic mass is 9.91. The van der Waals surface area contributed by atoms with E-state index in [2.05, 4.69) is 0 Å². The van der Waals surface area contributed by atoms with E-state index < -0.39 is 64.5 Å². The van der Waals surface area contributed by atoms with Crippen LogP contribution < -0.4 is 0 Å². The number of rotatable bonds is 11. The van der Waals surface area contributed by atoms with Crippen LogP contribution in [0.25, 0.3) is 0 Å². The number of benzene rings is 3. The van der Waals surface area contributed by atoms with Crippen LogP contribution in [0.3, 0.4) is 0 Å². The Labute approximate surface area is 257 Å². The van der Waals surface area contributed by atoms with E-state index >= 15 is 0 Å².